The van der Waals surface area contributed by atoms with Gasteiger partial charge in [-0.3, -0.25) is 14.2 Å². The number of carbonyl (C=O) groups excluding carboxylic acids is 2. The summed E-state index contributed by atoms with van der Waals surface area (Å²) in [4.78, 5) is 42.9. The van der Waals surface area contributed by atoms with E-state index in [1.807, 2.05) is 30.3 Å². The Balaban J connectivity index is 1.66. The summed E-state index contributed by atoms with van der Waals surface area (Å²) < 4.78 is 6.32. The van der Waals surface area contributed by atoms with Crippen molar-refractivity contribution >= 4 is 34.5 Å². The van der Waals surface area contributed by atoms with E-state index in [1.54, 1.807) is 18.2 Å². The van der Waals surface area contributed by atoms with Crippen molar-refractivity contribution in [2.24, 2.45) is 11.8 Å². The average molecular weight is 480 g/mol. The average Bonchev–Trinajstić information content (AvgIpc) is 2.85. The first-order chi connectivity index (χ1) is 16.4. The number of rotatable bonds is 6. The van der Waals surface area contributed by atoms with Gasteiger partial charge in [0.2, 0.25) is 5.91 Å². The number of methoxy groups -OCH3 is 1. The van der Waals surface area contributed by atoms with Crippen LogP contribution in [0.4, 0.5) is 0 Å². The fourth-order valence-corrected chi connectivity index (χ4v) is 5.30. The normalized spacial score (nSPS) is 20.1. The molecule has 1 aromatic heterocycles. The number of ether oxygens (including phenoxy) is 1. The number of aromatic nitrogens is 2. The predicted molar refractivity (Wildman–Crippen MR) is 134 cm³/mol. The van der Waals surface area contributed by atoms with Crippen molar-refractivity contribution < 1.29 is 14.3 Å². The van der Waals surface area contributed by atoms with Crippen LogP contribution < -0.4 is 10.9 Å². The molecule has 1 N–H and O–H groups in total. The Kier molecular flexibility index (Phi) is 7.36. The third-order valence-corrected chi connectivity index (χ3v) is 7.60. The smallest absolute Gasteiger partial charge is 0.337 e. The Labute approximate surface area is 202 Å². The maximum Gasteiger partial charge on any atom is 0.337 e. The fraction of sp³-hybridized carbons (Fsp3) is 0.385. The number of benzene rings is 2. The number of fused-ring (bicyclic) bond motifs is 1. The molecular weight excluding hydrogens is 450 g/mol. The van der Waals surface area contributed by atoms with Gasteiger partial charge in [-0.2, -0.15) is 0 Å². The van der Waals surface area contributed by atoms with Gasteiger partial charge in [0.05, 0.1) is 35.0 Å². The summed E-state index contributed by atoms with van der Waals surface area (Å²) in [7, 11) is 1.31. The molecule has 0 spiro atoms. The first kappa shape index (κ1) is 24.0. The molecule has 34 heavy (non-hydrogen) atoms. The molecule has 7 nitrogen and oxygen atoms in total. The first-order valence-electron chi connectivity index (χ1n) is 11.5. The number of thioether (sulfide) groups is 1. The van der Waals surface area contributed by atoms with Crippen LogP contribution >= 0.6 is 11.8 Å². The summed E-state index contributed by atoms with van der Waals surface area (Å²) in [5.41, 5.74) is 1.10. The summed E-state index contributed by atoms with van der Waals surface area (Å²) in [6, 6.07) is 14.1. The number of nitrogens with one attached hydrogen (secondary N) is 1. The highest BCUT2D eigenvalue weighted by Crippen LogP contribution is 2.30. The van der Waals surface area contributed by atoms with Crippen LogP contribution in [0.15, 0.2) is 58.5 Å². The third-order valence-electron chi connectivity index (χ3n) is 6.66. The van der Waals surface area contributed by atoms with Gasteiger partial charge >= 0.3 is 5.97 Å². The van der Waals surface area contributed by atoms with Crippen molar-refractivity contribution in [2.75, 3.05) is 12.9 Å². The largest absolute Gasteiger partial charge is 0.465 e. The zero-order valence-electron chi connectivity index (χ0n) is 19.6. The van der Waals surface area contributed by atoms with E-state index in [0.717, 1.165) is 12.8 Å². The predicted octanol–water partition coefficient (Wildman–Crippen LogP) is 4.21. The number of para-hydroxylation sites is 1. The molecule has 1 fully saturated rings. The van der Waals surface area contributed by atoms with E-state index in [9.17, 15) is 14.4 Å². The zero-order chi connectivity index (χ0) is 24.2. The van der Waals surface area contributed by atoms with Crippen LogP contribution in [0.3, 0.4) is 0 Å². The summed E-state index contributed by atoms with van der Waals surface area (Å²) in [6.07, 6.45) is 3.30. The summed E-state index contributed by atoms with van der Waals surface area (Å²) >= 11 is 1.21. The minimum Gasteiger partial charge on any atom is -0.465 e. The molecule has 1 amide bonds. The molecule has 0 bridgehead atoms. The summed E-state index contributed by atoms with van der Waals surface area (Å²) in [5.74, 6) is 0.578. The summed E-state index contributed by atoms with van der Waals surface area (Å²) in [5, 5.41) is 3.95. The van der Waals surface area contributed by atoms with Crippen molar-refractivity contribution in [3.05, 3.63) is 64.4 Å². The summed E-state index contributed by atoms with van der Waals surface area (Å²) in [6.45, 7) is 4.43. The van der Waals surface area contributed by atoms with E-state index >= 15 is 0 Å². The minimum absolute atomic E-state index is 0.0757. The molecule has 1 aliphatic rings. The molecule has 4 rings (SSSR count). The highest BCUT2D eigenvalue weighted by molar-refractivity contribution is 7.99. The molecule has 3 unspecified atom stereocenters. The number of amides is 1. The second kappa shape index (κ2) is 10.4. The van der Waals surface area contributed by atoms with Gasteiger partial charge in [-0.1, -0.05) is 56.7 Å². The lowest BCUT2D eigenvalue weighted by atomic mass is 9.78. The molecule has 3 atom stereocenters. The van der Waals surface area contributed by atoms with Crippen LogP contribution in [0.5, 0.6) is 0 Å². The molecule has 1 aliphatic carbocycles. The maximum atomic E-state index is 13.4. The molecule has 0 aliphatic heterocycles. The molecule has 0 saturated heterocycles. The van der Waals surface area contributed by atoms with E-state index in [1.165, 1.54) is 29.9 Å². The molecular formula is C26H29N3O4S. The van der Waals surface area contributed by atoms with E-state index in [2.05, 4.69) is 24.1 Å². The van der Waals surface area contributed by atoms with Crippen LogP contribution in [0.1, 0.15) is 43.5 Å². The van der Waals surface area contributed by atoms with Crippen LogP contribution in [0, 0.1) is 11.8 Å². The zero-order valence-corrected chi connectivity index (χ0v) is 20.4. The van der Waals surface area contributed by atoms with Crippen molar-refractivity contribution in [3.63, 3.8) is 0 Å². The van der Waals surface area contributed by atoms with Gasteiger partial charge in [0.25, 0.3) is 5.56 Å². The Hall–Kier alpha value is -3.13. The number of nitrogens with zero attached hydrogens (tertiary/aromatic N) is 2. The number of carbonyl (C=O) groups is 2. The van der Waals surface area contributed by atoms with Crippen molar-refractivity contribution in [2.45, 2.75) is 44.3 Å². The standard InChI is InChI=1S/C26H29N3O4S/c1-16-8-7-11-21(17(16)2)27-23(30)15-34-26-28-22-14-18(25(32)33-3)12-13-20(22)24(31)29(26)19-9-5-4-6-10-19/h4-6,9-10,12-14,16-17,21H,7-8,11,15H2,1-3H3,(H,27,30). The van der Waals surface area contributed by atoms with Gasteiger partial charge in [0, 0.05) is 6.04 Å². The molecule has 178 valence electrons. The molecule has 3 aromatic rings. The highest BCUT2D eigenvalue weighted by atomic mass is 32.2. The van der Waals surface area contributed by atoms with Gasteiger partial charge in [-0.25, -0.2) is 9.78 Å². The van der Waals surface area contributed by atoms with E-state index < -0.39 is 5.97 Å². The van der Waals surface area contributed by atoms with Gasteiger partial charge < -0.3 is 10.1 Å². The number of esters is 1. The molecule has 8 heteroatoms. The lowest BCUT2D eigenvalue weighted by Gasteiger charge is -2.34. The third kappa shape index (κ3) is 5.01. The van der Waals surface area contributed by atoms with E-state index in [0.29, 0.717) is 39.1 Å². The quantitative estimate of drug-likeness (QED) is 0.324. The Morgan fingerprint density at radius 1 is 1.15 bits per heavy atom. The Morgan fingerprint density at radius 2 is 1.91 bits per heavy atom. The lowest BCUT2D eigenvalue weighted by molar-refractivity contribution is -0.120. The monoisotopic (exact) mass is 479 g/mol. The van der Waals surface area contributed by atoms with E-state index in [-0.39, 0.29) is 23.3 Å². The van der Waals surface area contributed by atoms with Crippen molar-refractivity contribution in [1.29, 1.82) is 0 Å². The maximum absolute atomic E-state index is 13.4. The minimum atomic E-state index is -0.500. The SMILES string of the molecule is COC(=O)c1ccc2c(=O)n(-c3ccccc3)c(SCC(=O)NC3CCCC(C)C3C)nc2c1. The van der Waals surface area contributed by atoms with Gasteiger partial charge in [0.15, 0.2) is 5.16 Å². The Bertz CT molecular complexity index is 1260. The molecule has 0 radical (unpaired) electrons. The second-order valence-electron chi connectivity index (χ2n) is 8.82. The number of hydrogen-bond donors (Lipinski definition) is 1. The Morgan fingerprint density at radius 3 is 2.65 bits per heavy atom. The van der Waals surface area contributed by atoms with Gasteiger partial charge in [-0.05, 0) is 48.6 Å². The van der Waals surface area contributed by atoms with Crippen molar-refractivity contribution in [3.8, 4) is 5.69 Å². The van der Waals surface area contributed by atoms with Crippen LogP contribution in [0.25, 0.3) is 16.6 Å². The molecule has 1 heterocycles. The lowest BCUT2D eigenvalue weighted by Crippen LogP contribution is -2.44. The fourth-order valence-electron chi connectivity index (χ4n) is 4.48. The van der Waals surface area contributed by atoms with Crippen molar-refractivity contribution in [1.82, 2.24) is 14.9 Å². The topological polar surface area (TPSA) is 90.3 Å². The molecule has 2 aromatic carbocycles. The number of hydrogen-bond acceptors (Lipinski definition) is 6. The van der Waals surface area contributed by atoms with Gasteiger partial charge in [-0.15, -0.1) is 0 Å². The van der Waals surface area contributed by atoms with E-state index in [4.69, 9.17) is 4.74 Å². The first-order valence-corrected chi connectivity index (χ1v) is 12.5. The second-order valence-corrected chi connectivity index (χ2v) is 9.77. The van der Waals surface area contributed by atoms with Gasteiger partial charge in [0.1, 0.15) is 0 Å². The highest BCUT2D eigenvalue weighted by Gasteiger charge is 2.28. The van der Waals surface area contributed by atoms with Crippen LogP contribution in [-0.2, 0) is 9.53 Å². The molecule has 1 saturated carbocycles. The van der Waals surface area contributed by atoms with Crippen LogP contribution in [0.2, 0.25) is 0 Å². The van der Waals surface area contributed by atoms with Crippen LogP contribution in [-0.4, -0.2) is 40.3 Å².